The minimum atomic E-state index is -1.09. The molecule has 0 saturated heterocycles. The average Bonchev–Trinajstić information content (AvgIpc) is 2.42. The van der Waals surface area contributed by atoms with Gasteiger partial charge >= 0.3 is 5.97 Å². The molecule has 0 saturated carbocycles. The van der Waals surface area contributed by atoms with E-state index in [0.29, 0.717) is 6.07 Å². The summed E-state index contributed by atoms with van der Waals surface area (Å²) in [5, 5.41) is 11.1. The molecule has 4 nitrogen and oxygen atoms in total. The molecule has 21 heavy (non-hydrogen) atoms. The molecule has 0 spiro atoms. The summed E-state index contributed by atoms with van der Waals surface area (Å²) < 4.78 is 26.6. The maximum atomic E-state index is 13.6. The van der Waals surface area contributed by atoms with E-state index in [1.54, 1.807) is 12.2 Å². The summed E-state index contributed by atoms with van der Waals surface area (Å²) >= 11 is 5.69. The number of carbonyl (C=O) groups excluding carboxylic acids is 1. The van der Waals surface area contributed by atoms with Gasteiger partial charge in [-0.3, -0.25) is 9.59 Å². The molecule has 0 heterocycles. The lowest BCUT2D eigenvalue weighted by molar-refractivity contribution is -0.146. The predicted molar refractivity (Wildman–Crippen MR) is 73.0 cm³/mol. The van der Waals surface area contributed by atoms with E-state index in [4.69, 9.17) is 16.7 Å². The minimum absolute atomic E-state index is 0.229. The second-order valence-corrected chi connectivity index (χ2v) is 5.13. The van der Waals surface area contributed by atoms with Crippen LogP contribution in [0, 0.1) is 23.5 Å². The van der Waals surface area contributed by atoms with E-state index >= 15 is 0 Å². The molecule has 2 rings (SSSR count). The van der Waals surface area contributed by atoms with Crippen molar-refractivity contribution >= 4 is 29.2 Å². The molecule has 0 unspecified atom stereocenters. The quantitative estimate of drug-likeness (QED) is 0.842. The van der Waals surface area contributed by atoms with Crippen LogP contribution in [0.3, 0.4) is 0 Å². The molecule has 0 radical (unpaired) electrons. The first kappa shape index (κ1) is 15.4. The lowest BCUT2D eigenvalue weighted by atomic mass is 9.82. The molecule has 2 atom stereocenters. The molecule has 1 aromatic carbocycles. The van der Waals surface area contributed by atoms with E-state index in [2.05, 4.69) is 5.32 Å². The van der Waals surface area contributed by atoms with Gasteiger partial charge in [0, 0.05) is 6.07 Å². The van der Waals surface area contributed by atoms with Crippen molar-refractivity contribution in [1.29, 1.82) is 0 Å². The van der Waals surface area contributed by atoms with Gasteiger partial charge in [-0.2, -0.15) is 0 Å². The smallest absolute Gasteiger partial charge is 0.307 e. The maximum absolute atomic E-state index is 13.6. The second-order valence-electron chi connectivity index (χ2n) is 4.73. The molecule has 0 bridgehead atoms. The Bertz CT molecular complexity index is 595. The predicted octanol–water partition coefficient (Wildman–Crippen LogP) is 3.22. The lowest BCUT2D eigenvalue weighted by Crippen LogP contribution is -2.35. The largest absolute Gasteiger partial charge is 0.481 e. The number of carboxylic acid groups (broad SMARTS) is 1. The minimum Gasteiger partial charge on any atom is -0.481 e. The van der Waals surface area contributed by atoms with Crippen molar-refractivity contribution < 1.29 is 23.5 Å². The van der Waals surface area contributed by atoms with Crippen LogP contribution in [0.2, 0.25) is 5.02 Å². The third-order valence-electron chi connectivity index (χ3n) is 3.34. The fourth-order valence-electron chi connectivity index (χ4n) is 2.25. The van der Waals surface area contributed by atoms with E-state index < -0.39 is 35.3 Å². The van der Waals surface area contributed by atoms with Crippen LogP contribution in [-0.4, -0.2) is 17.0 Å². The number of rotatable bonds is 3. The van der Waals surface area contributed by atoms with Gasteiger partial charge < -0.3 is 10.4 Å². The van der Waals surface area contributed by atoms with Crippen LogP contribution < -0.4 is 5.32 Å². The Balaban J connectivity index is 2.21. The monoisotopic (exact) mass is 315 g/mol. The number of hydrogen-bond acceptors (Lipinski definition) is 2. The first-order valence-electron chi connectivity index (χ1n) is 6.23. The summed E-state index contributed by atoms with van der Waals surface area (Å²) in [6.45, 7) is 0. The Labute approximate surface area is 124 Å². The van der Waals surface area contributed by atoms with Gasteiger partial charge in [0.25, 0.3) is 0 Å². The van der Waals surface area contributed by atoms with Crippen LogP contribution in [0.15, 0.2) is 24.3 Å². The van der Waals surface area contributed by atoms with Gasteiger partial charge in [0.05, 0.1) is 22.5 Å². The van der Waals surface area contributed by atoms with Crippen molar-refractivity contribution in [3.8, 4) is 0 Å². The van der Waals surface area contributed by atoms with Gasteiger partial charge in [-0.1, -0.05) is 23.8 Å². The number of allylic oxidation sites excluding steroid dienone is 2. The van der Waals surface area contributed by atoms with Crippen LogP contribution in [-0.2, 0) is 9.59 Å². The lowest BCUT2D eigenvalue weighted by Gasteiger charge is -2.24. The molecule has 0 aliphatic heterocycles. The van der Waals surface area contributed by atoms with Crippen LogP contribution in [0.25, 0.3) is 0 Å². The Morgan fingerprint density at radius 1 is 1.19 bits per heavy atom. The molecule has 0 fully saturated rings. The Kier molecular flexibility index (Phi) is 4.57. The number of hydrogen-bond donors (Lipinski definition) is 2. The number of anilines is 1. The van der Waals surface area contributed by atoms with E-state index in [0.717, 1.165) is 6.07 Å². The molecule has 1 aliphatic rings. The summed E-state index contributed by atoms with van der Waals surface area (Å²) in [4.78, 5) is 23.3. The molecule has 2 N–H and O–H groups in total. The molecular weight excluding hydrogens is 304 g/mol. The van der Waals surface area contributed by atoms with E-state index in [9.17, 15) is 18.4 Å². The molecule has 1 aliphatic carbocycles. The second kappa shape index (κ2) is 6.22. The Hall–Kier alpha value is -1.95. The number of amides is 1. The van der Waals surface area contributed by atoms with E-state index in [1.807, 2.05) is 0 Å². The van der Waals surface area contributed by atoms with Crippen molar-refractivity contribution in [3.63, 3.8) is 0 Å². The van der Waals surface area contributed by atoms with Crippen LogP contribution >= 0.6 is 11.6 Å². The fourth-order valence-corrected chi connectivity index (χ4v) is 2.50. The van der Waals surface area contributed by atoms with Crippen molar-refractivity contribution in [3.05, 3.63) is 40.9 Å². The highest BCUT2D eigenvalue weighted by molar-refractivity contribution is 6.33. The van der Waals surface area contributed by atoms with Crippen molar-refractivity contribution in [2.75, 3.05) is 5.32 Å². The Morgan fingerprint density at radius 2 is 1.81 bits per heavy atom. The third-order valence-corrected chi connectivity index (χ3v) is 3.64. The van der Waals surface area contributed by atoms with Crippen LogP contribution in [0.1, 0.15) is 12.8 Å². The first-order valence-corrected chi connectivity index (χ1v) is 6.61. The van der Waals surface area contributed by atoms with E-state index in [1.165, 1.54) is 0 Å². The highest BCUT2D eigenvalue weighted by atomic mass is 35.5. The summed E-state index contributed by atoms with van der Waals surface area (Å²) in [7, 11) is 0. The number of halogens is 3. The SMILES string of the molecule is O=C(O)[C@H]1CC=CC[C@H]1C(=O)Nc1c(F)cc(F)cc1Cl. The third kappa shape index (κ3) is 3.39. The topological polar surface area (TPSA) is 66.4 Å². The molecule has 112 valence electrons. The van der Waals surface area contributed by atoms with Gasteiger partial charge in [0.15, 0.2) is 5.82 Å². The maximum Gasteiger partial charge on any atom is 0.307 e. The highest BCUT2D eigenvalue weighted by Crippen LogP contribution is 2.30. The van der Waals surface area contributed by atoms with Crippen LogP contribution in [0.5, 0.6) is 0 Å². The molecule has 7 heteroatoms. The van der Waals surface area contributed by atoms with Crippen molar-refractivity contribution in [1.82, 2.24) is 0 Å². The molecule has 0 aromatic heterocycles. The molecular formula is C14H12ClF2NO3. The first-order chi connectivity index (χ1) is 9.90. The number of carboxylic acids is 1. The van der Waals surface area contributed by atoms with Crippen molar-refractivity contribution in [2.24, 2.45) is 11.8 Å². The fraction of sp³-hybridized carbons (Fsp3) is 0.286. The zero-order valence-corrected chi connectivity index (χ0v) is 11.5. The van der Waals surface area contributed by atoms with Gasteiger partial charge in [0.2, 0.25) is 5.91 Å². The summed E-state index contributed by atoms with van der Waals surface area (Å²) in [6, 6.07) is 1.46. The number of aliphatic carboxylic acids is 1. The van der Waals surface area contributed by atoms with Crippen LogP contribution in [0.4, 0.5) is 14.5 Å². The van der Waals surface area contributed by atoms with Gasteiger partial charge in [0.1, 0.15) is 5.82 Å². The Morgan fingerprint density at radius 3 is 2.38 bits per heavy atom. The normalized spacial score (nSPS) is 21.1. The zero-order chi connectivity index (χ0) is 15.6. The summed E-state index contributed by atoms with van der Waals surface area (Å²) in [5.74, 6) is -5.32. The van der Waals surface area contributed by atoms with E-state index in [-0.39, 0.29) is 23.6 Å². The summed E-state index contributed by atoms with van der Waals surface area (Å²) in [6.07, 6.45) is 3.86. The zero-order valence-electron chi connectivity index (χ0n) is 10.8. The van der Waals surface area contributed by atoms with Gasteiger partial charge in [-0.05, 0) is 18.9 Å². The summed E-state index contributed by atoms with van der Waals surface area (Å²) in [5.41, 5.74) is -0.346. The van der Waals surface area contributed by atoms with Gasteiger partial charge in [-0.25, -0.2) is 8.78 Å². The average molecular weight is 316 g/mol. The van der Waals surface area contributed by atoms with Gasteiger partial charge in [-0.15, -0.1) is 0 Å². The number of benzene rings is 1. The standard InChI is InChI=1S/C14H12ClF2NO3/c15-10-5-7(16)6-11(17)12(10)18-13(19)8-3-1-2-4-9(8)14(20)21/h1-2,5-6,8-9H,3-4H2,(H,18,19)(H,20,21)/t8-,9+/m1/s1. The molecule has 1 aromatic rings. The van der Waals surface area contributed by atoms with Crippen molar-refractivity contribution in [2.45, 2.75) is 12.8 Å². The number of carbonyl (C=O) groups is 2. The molecule has 1 amide bonds. The number of nitrogens with one attached hydrogen (secondary N) is 1. The highest BCUT2D eigenvalue weighted by Gasteiger charge is 2.34.